The summed E-state index contributed by atoms with van der Waals surface area (Å²) in [7, 11) is 0. The van der Waals surface area contributed by atoms with Crippen molar-refractivity contribution in [3.63, 3.8) is 0 Å². The maximum absolute atomic E-state index is 11.2. The molecule has 114 valence electrons. The molecule has 0 aliphatic carbocycles. The molecule has 0 radical (unpaired) electrons. The van der Waals surface area contributed by atoms with Crippen LogP contribution in [0.25, 0.3) is 0 Å². The van der Waals surface area contributed by atoms with Gasteiger partial charge in [-0.1, -0.05) is 13.8 Å². The van der Waals surface area contributed by atoms with Crippen molar-refractivity contribution in [2.75, 3.05) is 11.9 Å². The van der Waals surface area contributed by atoms with E-state index in [9.17, 15) is 15.2 Å². The van der Waals surface area contributed by atoms with E-state index >= 15 is 0 Å². The van der Waals surface area contributed by atoms with E-state index in [1.807, 2.05) is 27.7 Å². The highest BCUT2D eigenvalue weighted by molar-refractivity contribution is 5.59. The largest absolute Gasteiger partial charge is 0.391 e. The van der Waals surface area contributed by atoms with E-state index in [4.69, 9.17) is 0 Å². The number of hydrogen-bond donors (Lipinski definition) is 2. The lowest BCUT2D eigenvalue weighted by Crippen LogP contribution is -2.23. The van der Waals surface area contributed by atoms with E-state index < -0.39 is 11.0 Å². The highest BCUT2D eigenvalue weighted by Gasteiger charge is 2.26. The Morgan fingerprint density at radius 2 is 2.00 bits per heavy atom. The molecule has 1 aromatic heterocycles. The van der Waals surface area contributed by atoms with Crippen LogP contribution in [0.15, 0.2) is 0 Å². The zero-order chi connectivity index (χ0) is 15.4. The maximum atomic E-state index is 11.2. The quantitative estimate of drug-likeness (QED) is 0.592. The monoisotopic (exact) mass is 284 g/mol. The van der Waals surface area contributed by atoms with Gasteiger partial charge >= 0.3 is 5.69 Å². The van der Waals surface area contributed by atoms with Gasteiger partial charge in [-0.25, -0.2) is 4.68 Å². The van der Waals surface area contributed by atoms with Crippen LogP contribution in [0.5, 0.6) is 0 Å². The van der Waals surface area contributed by atoms with E-state index in [1.165, 1.54) is 0 Å². The molecule has 1 aromatic rings. The predicted octanol–water partition coefficient (Wildman–Crippen LogP) is 2.50. The lowest BCUT2D eigenvalue weighted by Gasteiger charge is -2.16. The van der Waals surface area contributed by atoms with Crippen LogP contribution in [0.2, 0.25) is 0 Å². The van der Waals surface area contributed by atoms with E-state index in [-0.39, 0.29) is 18.3 Å². The third-order valence-corrected chi connectivity index (χ3v) is 2.97. The topological polar surface area (TPSA) is 93.2 Å². The van der Waals surface area contributed by atoms with Gasteiger partial charge in [0, 0.05) is 12.6 Å². The molecule has 0 saturated heterocycles. The summed E-state index contributed by atoms with van der Waals surface area (Å²) in [6, 6.07) is 0.00661. The van der Waals surface area contributed by atoms with Crippen molar-refractivity contribution in [1.29, 1.82) is 0 Å². The molecule has 0 aliphatic heterocycles. The van der Waals surface area contributed by atoms with Crippen LogP contribution in [0, 0.1) is 23.0 Å². The van der Waals surface area contributed by atoms with Gasteiger partial charge in [0.15, 0.2) is 0 Å². The first-order valence-electron chi connectivity index (χ1n) is 6.89. The third kappa shape index (κ3) is 3.93. The Balaban J connectivity index is 2.94. The summed E-state index contributed by atoms with van der Waals surface area (Å²) in [5.41, 5.74) is 0.361. The van der Waals surface area contributed by atoms with Crippen molar-refractivity contribution in [3.8, 4) is 0 Å². The van der Waals surface area contributed by atoms with Crippen molar-refractivity contribution in [3.05, 3.63) is 15.8 Å². The molecule has 0 fully saturated rings. The first kappa shape index (κ1) is 16.4. The number of aliphatic hydroxyl groups is 1. The second-order valence-electron chi connectivity index (χ2n) is 5.74. The van der Waals surface area contributed by atoms with Gasteiger partial charge in [-0.05, 0) is 33.1 Å². The summed E-state index contributed by atoms with van der Waals surface area (Å²) in [6.07, 6.45) is 0.112. The van der Waals surface area contributed by atoms with Crippen LogP contribution in [-0.4, -0.2) is 32.5 Å². The molecule has 0 aliphatic rings. The Morgan fingerprint density at radius 1 is 1.40 bits per heavy atom. The van der Waals surface area contributed by atoms with Gasteiger partial charge in [0.2, 0.25) is 5.82 Å². The molecule has 7 heteroatoms. The molecule has 7 nitrogen and oxygen atoms in total. The van der Waals surface area contributed by atoms with Gasteiger partial charge in [0.05, 0.1) is 11.0 Å². The minimum Gasteiger partial charge on any atom is -0.391 e. The summed E-state index contributed by atoms with van der Waals surface area (Å²) in [4.78, 5) is 10.7. The number of aryl methyl sites for hydroxylation is 1. The average molecular weight is 284 g/mol. The number of hydrogen-bond acceptors (Lipinski definition) is 5. The highest BCUT2D eigenvalue weighted by Crippen LogP contribution is 2.30. The molecule has 20 heavy (non-hydrogen) atoms. The summed E-state index contributed by atoms with van der Waals surface area (Å²) < 4.78 is 1.59. The van der Waals surface area contributed by atoms with E-state index in [1.54, 1.807) is 11.6 Å². The number of rotatable bonds is 7. The Labute approximate surface area is 119 Å². The van der Waals surface area contributed by atoms with Crippen molar-refractivity contribution in [2.24, 2.45) is 5.92 Å². The number of aromatic nitrogens is 2. The molecule has 1 atom stereocenters. The molecule has 0 amide bonds. The van der Waals surface area contributed by atoms with Crippen LogP contribution >= 0.6 is 0 Å². The number of nitrogens with one attached hydrogen (secondary N) is 1. The van der Waals surface area contributed by atoms with Gasteiger partial charge in [0.1, 0.15) is 5.69 Å². The summed E-state index contributed by atoms with van der Waals surface area (Å²) in [5, 5.41) is 28.2. The summed E-state index contributed by atoms with van der Waals surface area (Å²) in [6.45, 7) is 9.75. The minimum atomic E-state index is -0.537. The fourth-order valence-corrected chi connectivity index (χ4v) is 2.14. The molecule has 1 unspecified atom stereocenters. The highest BCUT2D eigenvalue weighted by atomic mass is 16.6. The lowest BCUT2D eigenvalue weighted by atomic mass is 10.1. The molecular weight excluding hydrogens is 260 g/mol. The van der Waals surface area contributed by atoms with Gasteiger partial charge in [-0.15, -0.1) is 0 Å². The molecule has 0 bridgehead atoms. The normalized spacial score (nSPS) is 13.0. The minimum absolute atomic E-state index is 0.00661. The van der Waals surface area contributed by atoms with E-state index in [2.05, 4.69) is 10.4 Å². The molecule has 1 rings (SSSR count). The first-order chi connectivity index (χ1) is 9.23. The van der Waals surface area contributed by atoms with Gasteiger partial charge < -0.3 is 10.4 Å². The Bertz CT molecular complexity index is 468. The third-order valence-electron chi connectivity index (χ3n) is 2.97. The first-order valence-corrected chi connectivity index (χ1v) is 6.89. The van der Waals surface area contributed by atoms with Gasteiger partial charge in [-0.3, -0.25) is 10.1 Å². The fraction of sp³-hybridized carbons (Fsp3) is 0.769. The lowest BCUT2D eigenvalue weighted by molar-refractivity contribution is -0.384. The van der Waals surface area contributed by atoms with Gasteiger partial charge in [0.25, 0.3) is 0 Å². The molecule has 2 N–H and O–H groups in total. The number of aliphatic hydroxyl groups excluding tert-OH is 1. The van der Waals surface area contributed by atoms with Crippen molar-refractivity contribution < 1.29 is 10.0 Å². The second-order valence-corrected chi connectivity index (χ2v) is 5.74. The van der Waals surface area contributed by atoms with Crippen molar-refractivity contribution in [1.82, 2.24) is 9.78 Å². The fourth-order valence-electron chi connectivity index (χ4n) is 2.14. The number of nitrogens with zero attached hydrogens (tertiary/aromatic N) is 3. The molecule has 0 saturated carbocycles. The van der Waals surface area contributed by atoms with Crippen LogP contribution in [0.1, 0.15) is 45.9 Å². The Hall–Kier alpha value is -1.63. The average Bonchev–Trinajstić information content (AvgIpc) is 2.62. The van der Waals surface area contributed by atoms with Crippen LogP contribution in [-0.2, 0) is 0 Å². The summed E-state index contributed by atoms with van der Waals surface area (Å²) in [5.74, 6) is 0.740. The van der Waals surface area contributed by atoms with Crippen LogP contribution in [0.4, 0.5) is 11.5 Å². The second kappa shape index (κ2) is 6.69. The molecule has 0 aromatic carbocycles. The van der Waals surface area contributed by atoms with Crippen molar-refractivity contribution in [2.45, 2.75) is 53.2 Å². The SMILES string of the molecule is Cc1nn(C(C)C)c(NCC(O)CC(C)C)c1[N+](=O)[O-]. The van der Waals surface area contributed by atoms with E-state index in [0.29, 0.717) is 23.9 Å². The van der Waals surface area contributed by atoms with E-state index in [0.717, 1.165) is 0 Å². The Kier molecular flexibility index (Phi) is 5.50. The summed E-state index contributed by atoms with van der Waals surface area (Å²) >= 11 is 0. The van der Waals surface area contributed by atoms with Crippen molar-refractivity contribution >= 4 is 11.5 Å². The molecule has 0 spiro atoms. The zero-order valence-corrected chi connectivity index (χ0v) is 12.8. The number of anilines is 1. The molecular formula is C13H24N4O3. The number of nitro groups is 1. The van der Waals surface area contributed by atoms with Gasteiger partial charge in [-0.2, -0.15) is 5.10 Å². The molecule has 1 heterocycles. The maximum Gasteiger partial charge on any atom is 0.333 e. The smallest absolute Gasteiger partial charge is 0.333 e. The standard InChI is InChI=1S/C13H24N4O3/c1-8(2)6-11(18)7-14-13-12(17(19)20)10(5)15-16(13)9(3)4/h8-9,11,14,18H,6-7H2,1-5H3. The van der Waals surface area contributed by atoms with Crippen LogP contribution in [0.3, 0.4) is 0 Å². The zero-order valence-electron chi connectivity index (χ0n) is 12.8. The van der Waals surface area contributed by atoms with Crippen LogP contribution < -0.4 is 5.32 Å². The Morgan fingerprint density at radius 3 is 2.45 bits per heavy atom. The predicted molar refractivity (Wildman–Crippen MR) is 78.0 cm³/mol.